The van der Waals surface area contributed by atoms with Crippen molar-refractivity contribution >= 4 is 23.2 Å². The SMILES string of the molecule is OCC(F)CC(Cl)Cl. The van der Waals surface area contributed by atoms with Crippen LogP contribution in [0.4, 0.5) is 4.39 Å². The van der Waals surface area contributed by atoms with Gasteiger partial charge in [-0.3, -0.25) is 0 Å². The molecule has 1 unspecified atom stereocenters. The number of hydrogen-bond acceptors (Lipinski definition) is 1. The molecule has 4 heteroatoms. The molecule has 0 spiro atoms. The quantitative estimate of drug-likeness (QED) is 0.622. The van der Waals surface area contributed by atoms with Crippen molar-refractivity contribution in [3.63, 3.8) is 0 Å². The molecule has 0 amide bonds. The maximum Gasteiger partial charge on any atom is 0.126 e. The largest absolute Gasteiger partial charge is 0.393 e. The van der Waals surface area contributed by atoms with Crippen molar-refractivity contribution in [2.75, 3.05) is 6.61 Å². The van der Waals surface area contributed by atoms with Gasteiger partial charge in [-0.1, -0.05) is 0 Å². The molecule has 0 aromatic carbocycles. The predicted molar refractivity (Wildman–Crippen MR) is 32.1 cm³/mol. The Balaban J connectivity index is 3.10. The maximum absolute atomic E-state index is 12.0. The predicted octanol–water partition coefficient (Wildman–Crippen LogP) is 1.51. The number of alkyl halides is 3. The number of rotatable bonds is 3. The van der Waals surface area contributed by atoms with Crippen molar-refractivity contribution in [2.45, 2.75) is 17.4 Å². The van der Waals surface area contributed by atoms with E-state index in [2.05, 4.69) is 0 Å². The Bertz CT molecular complexity index is 60.0. The van der Waals surface area contributed by atoms with Gasteiger partial charge in [0.2, 0.25) is 0 Å². The van der Waals surface area contributed by atoms with E-state index in [1.807, 2.05) is 0 Å². The lowest BCUT2D eigenvalue weighted by Crippen LogP contribution is -2.09. The highest BCUT2D eigenvalue weighted by molar-refractivity contribution is 6.44. The van der Waals surface area contributed by atoms with Gasteiger partial charge in [0.1, 0.15) is 11.0 Å². The zero-order valence-corrected chi connectivity index (χ0v) is 5.66. The fourth-order valence-corrected chi connectivity index (χ4v) is 0.655. The molecule has 1 nitrogen and oxygen atoms in total. The Morgan fingerprint density at radius 1 is 1.50 bits per heavy atom. The molecule has 0 heterocycles. The van der Waals surface area contributed by atoms with Crippen molar-refractivity contribution in [3.05, 3.63) is 0 Å². The minimum atomic E-state index is -1.28. The second-order valence-corrected chi connectivity index (χ2v) is 2.68. The summed E-state index contributed by atoms with van der Waals surface area (Å²) < 4.78 is 12.0. The van der Waals surface area contributed by atoms with Gasteiger partial charge in [0.25, 0.3) is 0 Å². The highest BCUT2D eigenvalue weighted by atomic mass is 35.5. The monoisotopic (exact) mass is 160 g/mol. The van der Waals surface area contributed by atoms with Crippen LogP contribution in [0.3, 0.4) is 0 Å². The molecule has 0 saturated heterocycles. The summed E-state index contributed by atoms with van der Waals surface area (Å²) in [6.45, 7) is -0.504. The lowest BCUT2D eigenvalue weighted by molar-refractivity contribution is 0.173. The molecule has 0 rings (SSSR count). The summed E-state index contributed by atoms with van der Waals surface area (Å²) in [5.74, 6) is 0. The van der Waals surface area contributed by atoms with E-state index in [-0.39, 0.29) is 6.42 Å². The summed E-state index contributed by atoms with van der Waals surface area (Å²) >= 11 is 10.3. The number of aliphatic hydroxyl groups is 1. The van der Waals surface area contributed by atoms with Gasteiger partial charge in [-0.2, -0.15) is 0 Å². The van der Waals surface area contributed by atoms with Crippen LogP contribution in [0.5, 0.6) is 0 Å². The van der Waals surface area contributed by atoms with Crippen LogP contribution >= 0.6 is 23.2 Å². The summed E-state index contributed by atoms with van der Waals surface area (Å²) in [7, 11) is 0. The van der Waals surface area contributed by atoms with Gasteiger partial charge in [-0.25, -0.2) is 4.39 Å². The molecule has 50 valence electrons. The molecule has 0 aliphatic rings. The number of hydrogen-bond donors (Lipinski definition) is 1. The van der Waals surface area contributed by atoms with Crippen molar-refractivity contribution in [1.29, 1.82) is 0 Å². The van der Waals surface area contributed by atoms with E-state index >= 15 is 0 Å². The van der Waals surface area contributed by atoms with Gasteiger partial charge >= 0.3 is 0 Å². The molecule has 0 aliphatic heterocycles. The second-order valence-electron chi connectivity index (χ2n) is 1.41. The third-order valence-electron chi connectivity index (χ3n) is 0.632. The molecule has 0 fully saturated rings. The van der Waals surface area contributed by atoms with Crippen molar-refractivity contribution in [3.8, 4) is 0 Å². The molecule has 8 heavy (non-hydrogen) atoms. The van der Waals surface area contributed by atoms with E-state index in [0.717, 1.165) is 0 Å². The van der Waals surface area contributed by atoms with Gasteiger partial charge in [-0.05, 0) is 0 Å². The van der Waals surface area contributed by atoms with E-state index in [4.69, 9.17) is 28.3 Å². The molecule has 0 bridgehead atoms. The summed E-state index contributed by atoms with van der Waals surface area (Å²) in [5, 5.41) is 8.09. The standard InChI is InChI=1S/C4H7Cl2FO/c5-4(6)1-3(7)2-8/h3-4,8H,1-2H2. The van der Waals surface area contributed by atoms with Crippen LogP contribution in [0.25, 0.3) is 0 Å². The summed E-state index contributed by atoms with van der Waals surface area (Å²) in [6.07, 6.45) is -1.28. The Hall–Kier alpha value is 0.470. The van der Waals surface area contributed by atoms with E-state index in [9.17, 15) is 4.39 Å². The first-order valence-electron chi connectivity index (χ1n) is 2.20. The summed E-state index contributed by atoms with van der Waals surface area (Å²) in [4.78, 5) is -0.711. The first-order chi connectivity index (χ1) is 3.66. The smallest absolute Gasteiger partial charge is 0.126 e. The van der Waals surface area contributed by atoms with Crippen LogP contribution in [0, 0.1) is 0 Å². The van der Waals surface area contributed by atoms with Gasteiger partial charge < -0.3 is 5.11 Å². The minimum absolute atomic E-state index is 0.000386. The van der Waals surface area contributed by atoms with Crippen molar-refractivity contribution in [1.82, 2.24) is 0 Å². The van der Waals surface area contributed by atoms with E-state index in [1.54, 1.807) is 0 Å². The van der Waals surface area contributed by atoms with Crippen LogP contribution in [0.15, 0.2) is 0 Å². The van der Waals surface area contributed by atoms with Crippen LogP contribution in [-0.2, 0) is 0 Å². The molecular formula is C4H7Cl2FO. The van der Waals surface area contributed by atoms with E-state index in [1.165, 1.54) is 0 Å². The lowest BCUT2D eigenvalue weighted by atomic mass is 10.3. The zero-order valence-electron chi connectivity index (χ0n) is 4.15. The van der Waals surface area contributed by atoms with Crippen molar-refractivity contribution in [2.24, 2.45) is 0 Å². The first-order valence-corrected chi connectivity index (χ1v) is 3.07. The molecular weight excluding hydrogens is 154 g/mol. The van der Waals surface area contributed by atoms with Crippen LogP contribution in [0.1, 0.15) is 6.42 Å². The second kappa shape index (κ2) is 4.36. The van der Waals surface area contributed by atoms with Crippen LogP contribution < -0.4 is 0 Å². The molecule has 1 N–H and O–H groups in total. The Morgan fingerprint density at radius 2 is 2.00 bits per heavy atom. The van der Waals surface area contributed by atoms with Gasteiger partial charge in [0.15, 0.2) is 0 Å². The fourth-order valence-electron chi connectivity index (χ4n) is 0.268. The summed E-state index contributed by atoms with van der Waals surface area (Å²) in [5.41, 5.74) is 0. The fraction of sp³-hybridized carbons (Fsp3) is 1.00. The third kappa shape index (κ3) is 4.62. The molecule has 0 aliphatic carbocycles. The third-order valence-corrected chi connectivity index (χ3v) is 0.988. The van der Waals surface area contributed by atoms with Gasteiger partial charge in [0, 0.05) is 6.42 Å². The zero-order chi connectivity index (χ0) is 6.57. The maximum atomic E-state index is 12.0. The van der Waals surface area contributed by atoms with Gasteiger partial charge in [0.05, 0.1) is 6.61 Å². The van der Waals surface area contributed by atoms with Crippen LogP contribution in [0.2, 0.25) is 0 Å². The highest BCUT2D eigenvalue weighted by Gasteiger charge is 2.08. The van der Waals surface area contributed by atoms with Crippen LogP contribution in [-0.4, -0.2) is 22.7 Å². The number of aliphatic hydroxyl groups excluding tert-OH is 1. The summed E-state index contributed by atoms with van der Waals surface area (Å²) in [6, 6.07) is 0. The molecule has 0 aromatic heterocycles. The number of halogens is 3. The average Bonchev–Trinajstić information content (AvgIpc) is 1.65. The topological polar surface area (TPSA) is 20.2 Å². The Morgan fingerprint density at radius 3 is 2.12 bits per heavy atom. The Labute approximate surface area is 57.4 Å². The lowest BCUT2D eigenvalue weighted by Gasteiger charge is -2.02. The molecule has 0 saturated carbocycles. The van der Waals surface area contributed by atoms with Crippen molar-refractivity contribution < 1.29 is 9.50 Å². The molecule has 1 atom stereocenters. The van der Waals surface area contributed by atoms with E-state index in [0.29, 0.717) is 0 Å². The van der Waals surface area contributed by atoms with Gasteiger partial charge in [-0.15, -0.1) is 23.2 Å². The normalized spacial score (nSPS) is 14.6. The molecule has 0 radical (unpaired) electrons. The first kappa shape index (κ1) is 8.47. The van der Waals surface area contributed by atoms with E-state index < -0.39 is 17.6 Å². The minimum Gasteiger partial charge on any atom is -0.393 e. The Kier molecular flexibility index (Phi) is 4.61. The average molecular weight is 161 g/mol. The highest BCUT2D eigenvalue weighted by Crippen LogP contribution is 2.11. The molecule has 0 aromatic rings.